The smallest absolute Gasteiger partial charge is 0.286 e. The molecule has 45 heavy (non-hydrogen) atoms. The van der Waals surface area contributed by atoms with Crippen molar-refractivity contribution in [3.63, 3.8) is 0 Å². The minimum Gasteiger partial charge on any atom is -0.477 e. The Kier molecular flexibility index (Phi) is 11.7. The van der Waals surface area contributed by atoms with Gasteiger partial charge in [0.25, 0.3) is 5.88 Å². The average Bonchev–Trinajstić information content (AvgIpc) is 3.53. The van der Waals surface area contributed by atoms with Crippen LogP contribution in [0.3, 0.4) is 0 Å². The van der Waals surface area contributed by atoms with Crippen LogP contribution in [0.1, 0.15) is 81.3 Å². The molecule has 2 aromatic rings. The quantitative estimate of drug-likeness (QED) is 0.336. The second-order valence-electron chi connectivity index (χ2n) is 12.4. The maximum absolute atomic E-state index is 15.6. The van der Waals surface area contributed by atoms with Crippen molar-refractivity contribution in [1.29, 1.82) is 0 Å². The molecule has 1 aromatic heterocycles. The number of amides is 3. The Morgan fingerprint density at radius 3 is 2.40 bits per heavy atom. The van der Waals surface area contributed by atoms with Gasteiger partial charge in [-0.2, -0.15) is 0 Å². The number of benzene rings is 1. The molecule has 4 rings (SSSR count). The molecule has 2 heterocycles. The highest BCUT2D eigenvalue weighted by Gasteiger charge is 2.36. The van der Waals surface area contributed by atoms with Gasteiger partial charge in [-0.1, -0.05) is 39.7 Å². The van der Waals surface area contributed by atoms with E-state index in [0.29, 0.717) is 24.6 Å². The molecule has 1 aliphatic heterocycles. The normalized spacial score (nSPS) is 21.0. The van der Waals surface area contributed by atoms with Crippen molar-refractivity contribution in [3.8, 4) is 5.88 Å². The van der Waals surface area contributed by atoms with Gasteiger partial charge in [-0.05, 0) is 59.7 Å². The number of ether oxygens (including phenoxy) is 1. The number of hydrogen-bond donors (Lipinski definition) is 2. The Morgan fingerprint density at radius 2 is 1.78 bits per heavy atom. The first-order valence-electron chi connectivity index (χ1n) is 15.8. The van der Waals surface area contributed by atoms with Gasteiger partial charge in [0.2, 0.25) is 23.4 Å². The Labute approximate surface area is 263 Å². The van der Waals surface area contributed by atoms with E-state index in [1.165, 1.54) is 19.2 Å². The largest absolute Gasteiger partial charge is 0.477 e. The molecule has 0 unspecified atom stereocenters. The molecule has 2 N–H and O–H groups in total. The number of nitrogens with zero attached hydrogens (tertiary/aromatic N) is 4. The van der Waals surface area contributed by atoms with E-state index in [9.17, 15) is 19.2 Å². The summed E-state index contributed by atoms with van der Waals surface area (Å²) in [6.07, 6.45) is 3.46. The van der Waals surface area contributed by atoms with Gasteiger partial charge < -0.3 is 25.2 Å². The summed E-state index contributed by atoms with van der Waals surface area (Å²) in [6.45, 7) is 8.20. The van der Waals surface area contributed by atoms with Crippen LogP contribution >= 0.6 is 0 Å². The van der Waals surface area contributed by atoms with Crippen LogP contribution in [0, 0.1) is 23.6 Å². The SMILES string of the molecule is CCC(=O)N[C@@H](C(=O)N1CCN(C)CC1)[C@@H](C)c1ccc(NC(=O)[C@@H](CC(=O)c2nonc2OC)C2CCC(C)CC2)c(F)c1. The Hall–Kier alpha value is -3.87. The van der Waals surface area contributed by atoms with E-state index in [2.05, 4.69) is 37.4 Å². The number of carbonyl (C=O) groups is 4. The van der Waals surface area contributed by atoms with Gasteiger partial charge in [-0.25, -0.2) is 9.02 Å². The number of rotatable bonds is 12. The number of methoxy groups -OCH3 is 1. The lowest BCUT2D eigenvalue weighted by molar-refractivity contribution is -0.138. The number of carbonyl (C=O) groups excluding carboxylic acids is 4. The number of ketones is 1. The van der Waals surface area contributed by atoms with Crippen molar-refractivity contribution in [3.05, 3.63) is 35.3 Å². The van der Waals surface area contributed by atoms with Gasteiger partial charge >= 0.3 is 0 Å². The van der Waals surface area contributed by atoms with Gasteiger partial charge in [0, 0.05) is 50.9 Å². The number of hydrogen-bond acceptors (Lipinski definition) is 9. The van der Waals surface area contributed by atoms with Crippen molar-refractivity contribution < 1.29 is 32.9 Å². The molecule has 2 aliphatic rings. The van der Waals surface area contributed by atoms with E-state index >= 15 is 4.39 Å². The monoisotopic (exact) mass is 628 g/mol. The molecule has 0 bridgehead atoms. The summed E-state index contributed by atoms with van der Waals surface area (Å²) in [5.41, 5.74) is 0.394. The Balaban J connectivity index is 1.52. The predicted molar refractivity (Wildman–Crippen MR) is 164 cm³/mol. The highest BCUT2D eigenvalue weighted by molar-refractivity contribution is 6.01. The molecule has 2 fully saturated rings. The molecule has 13 heteroatoms. The molecule has 246 valence electrons. The van der Waals surface area contributed by atoms with E-state index in [1.54, 1.807) is 24.8 Å². The lowest BCUT2D eigenvalue weighted by Gasteiger charge is -2.36. The van der Waals surface area contributed by atoms with Gasteiger partial charge in [0.1, 0.15) is 11.9 Å². The third-order valence-corrected chi connectivity index (χ3v) is 9.28. The molecule has 3 amide bonds. The van der Waals surface area contributed by atoms with Crippen LogP contribution in [-0.2, 0) is 14.4 Å². The molecule has 1 saturated heterocycles. The summed E-state index contributed by atoms with van der Waals surface area (Å²) in [7, 11) is 3.34. The van der Waals surface area contributed by atoms with Crippen LogP contribution in [0.25, 0.3) is 0 Å². The standard InChI is InChI=1S/C32H45FN6O6/c1-6-27(41)35-28(32(43)39-15-13-38(4)14-16-39)20(3)22-11-12-25(24(33)17-22)34-30(42)23(21-9-7-19(2)8-10-21)18-26(40)29-31(44-5)37-45-36-29/h11-12,17,19-21,23,28H,6-10,13-16,18H2,1-5H3,(H,34,42)(H,35,41)/t19?,20-,21?,23-,28+/m0/s1. The summed E-state index contributed by atoms with van der Waals surface area (Å²) in [4.78, 5) is 56.6. The molecular weight excluding hydrogens is 583 g/mol. The molecule has 0 radical (unpaired) electrons. The maximum Gasteiger partial charge on any atom is 0.286 e. The molecule has 12 nitrogen and oxygen atoms in total. The van der Waals surface area contributed by atoms with Crippen molar-refractivity contribution >= 4 is 29.2 Å². The first kappa shape index (κ1) is 34.0. The third kappa shape index (κ3) is 8.44. The Morgan fingerprint density at radius 1 is 1.09 bits per heavy atom. The van der Waals surface area contributed by atoms with Crippen LogP contribution in [0.15, 0.2) is 22.8 Å². The summed E-state index contributed by atoms with van der Waals surface area (Å²) < 4.78 is 25.3. The summed E-state index contributed by atoms with van der Waals surface area (Å²) in [5, 5.41) is 12.8. The molecule has 1 saturated carbocycles. The van der Waals surface area contributed by atoms with Gasteiger partial charge in [-0.15, -0.1) is 0 Å². The number of piperazine rings is 1. The fourth-order valence-corrected chi connectivity index (χ4v) is 6.18. The van der Waals surface area contributed by atoms with Crippen molar-refractivity contribution in [2.75, 3.05) is 45.7 Å². The molecule has 1 aromatic carbocycles. The number of halogens is 1. The predicted octanol–water partition coefficient (Wildman–Crippen LogP) is 3.64. The maximum atomic E-state index is 15.6. The number of likely N-dealkylation sites (N-methyl/N-ethyl adjacent to an activating group) is 1. The lowest BCUT2D eigenvalue weighted by Crippen LogP contribution is -2.55. The van der Waals surface area contributed by atoms with Gasteiger partial charge in [0.05, 0.1) is 12.8 Å². The van der Waals surface area contributed by atoms with Crippen LogP contribution < -0.4 is 15.4 Å². The highest BCUT2D eigenvalue weighted by Crippen LogP contribution is 2.36. The van der Waals surface area contributed by atoms with Crippen molar-refractivity contribution in [2.45, 2.75) is 71.3 Å². The van der Waals surface area contributed by atoms with Crippen LogP contribution in [0.5, 0.6) is 5.88 Å². The van der Waals surface area contributed by atoms with E-state index in [0.717, 1.165) is 38.8 Å². The lowest BCUT2D eigenvalue weighted by atomic mass is 9.74. The first-order valence-corrected chi connectivity index (χ1v) is 15.8. The van der Waals surface area contributed by atoms with E-state index in [1.807, 2.05) is 7.05 Å². The van der Waals surface area contributed by atoms with E-state index in [-0.39, 0.29) is 47.8 Å². The Bertz CT molecular complexity index is 1350. The number of Topliss-reactive ketones (excluding diaryl/α,β-unsaturated/α-hetero) is 1. The van der Waals surface area contributed by atoms with Crippen molar-refractivity contribution in [1.82, 2.24) is 25.4 Å². The topological polar surface area (TPSA) is 147 Å². The fourth-order valence-electron chi connectivity index (χ4n) is 6.18. The highest BCUT2D eigenvalue weighted by atomic mass is 19.1. The minimum atomic E-state index is -0.868. The van der Waals surface area contributed by atoms with E-state index < -0.39 is 35.4 Å². The molecule has 3 atom stereocenters. The fraction of sp³-hybridized carbons (Fsp3) is 0.625. The zero-order valence-corrected chi connectivity index (χ0v) is 26.8. The summed E-state index contributed by atoms with van der Waals surface area (Å²) in [5.74, 6) is -2.90. The summed E-state index contributed by atoms with van der Waals surface area (Å²) >= 11 is 0. The molecular formula is C32H45FN6O6. The summed E-state index contributed by atoms with van der Waals surface area (Å²) in [6, 6.07) is 3.54. The van der Waals surface area contributed by atoms with Crippen LogP contribution in [-0.4, -0.2) is 90.0 Å². The number of aromatic nitrogens is 2. The third-order valence-electron chi connectivity index (χ3n) is 9.28. The first-order chi connectivity index (χ1) is 21.5. The van der Waals surface area contributed by atoms with Crippen LogP contribution in [0.4, 0.5) is 10.1 Å². The minimum absolute atomic E-state index is 0.0298. The zero-order valence-electron chi connectivity index (χ0n) is 26.8. The van der Waals surface area contributed by atoms with Crippen molar-refractivity contribution in [2.24, 2.45) is 17.8 Å². The average molecular weight is 629 g/mol. The second-order valence-corrected chi connectivity index (χ2v) is 12.4. The number of anilines is 1. The zero-order chi connectivity index (χ0) is 32.7. The van der Waals surface area contributed by atoms with Gasteiger partial charge in [0.15, 0.2) is 5.78 Å². The number of nitrogens with one attached hydrogen (secondary N) is 2. The second kappa shape index (κ2) is 15.4. The van der Waals surface area contributed by atoms with Gasteiger partial charge in [-0.3, -0.25) is 19.2 Å². The van der Waals surface area contributed by atoms with E-state index in [4.69, 9.17) is 4.74 Å². The molecule has 0 spiro atoms. The molecule has 1 aliphatic carbocycles. The van der Waals surface area contributed by atoms with Crippen LogP contribution in [0.2, 0.25) is 0 Å².